The maximum absolute atomic E-state index is 12.5. The molecule has 0 spiro atoms. The van der Waals surface area contributed by atoms with Crippen molar-refractivity contribution in [2.45, 2.75) is 0 Å². The number of anilines is 2. The van der Waals surface area contributed by atoms with E-state index < -0.39 is 0 Å². The van der Waals surface area contributed by atoms with Crippen LogP contribution in [0.1, 0.15) is 10.4 Å². The van der Waals surface area contributed by atoms with Gasteiger partial charge in [0, 0.05) is 53.7 Å². The smallest absolute Gasteiger partial charge is 0.255 e. The van der Waals surface area contributed by atoms with Crippen LogP contribution in [0.3, 0.4) is 0 Å². The fourth-order valence-electron chi connectivity index (χ4n) is 2.60. The van der Waals surface area contributed by atoms with Gasteiger partial charge in [-0.05, 0) is 37.4 Å². The first kappa shape index (κ1) is 17.0. The molecular weight excluding hydrogens is 347 g/mol. The van der Waals surface area contributed by atoms with Gasteiger partial charge in [0.05, 0.1) is 0 Å². The number of halogens is 2. The lowest BCUT2D eigenvalue weighted by Gasteiger charge is -2.33. The van der Waals surface area contributed by atoms with E-state index in [2.05, 4.69) is 27.1 Å². The van der Waals surface area contributed by atoms with Gasteiger partial charge >= 0.3 is 0 Å². The average Bonchev–Trinajstić information content (AvgIpc) is 2.54. The van der Waals surface area contributed by atoms with Gasteiger partial charge < -0.3 is 15.1 Å². The van der Waals surface area contributed by atoms with Crippen molar-refractivity contribution in [1.82, 2.24) is 9.88 Å². The monoisotopic (exact) mass is 364 g/mol. The maximum atomic E-state index is 12.5. The maximum Gasteiger partial charge on any atom is 0.255 e. The fourth-order valence-corrected chi connectivity index (χ4v) is 3.12. The number of piperazine rings is 1. The standard InChI is InChI=1S/C17H18Cl2N4O/c1-22-4-6-23(7-5-22)16-8-12(2-3-20-16)17(24)21-15-10-13(18)9-14(19)11-15/h2-3,8-11H,4-7H2,1H3,(H,21,24). The molecule has 0 atom stereocenters. The summed E-state index contributed by atoms with van der Waals surface area (Å²) in [4.78, 5) is 21.3. The van der Waals surface area contributed by atoms with E-state index >= 15 is 0 Å². The van der Waals surface area contributed by atoms with Crippen molar-refractivity contribution in [2.75, 3.05) is 43.4 Å². The molecule has 2 aromatic rings. The lowest BCUT2D eigenvalue weighted by atomic mass is 10.2. The van der Waals surface area contributed by atoms with E-state index in [0.717, 1.165) is 32.0 Å². The fraction of sp³-hybridized carbons (Fsp3) is 0.294. The largest absolute Gasteiger partial charge is 0.354 e. The molecule has 1 aromatic heterocycles. The van der Waals surface area contributed by atoms with E-state index in [1.807, 2.05) is 6.07 Å². The molecule has 1 fully saturated rings. The molecule has 1 aliphatic rings. The Labute approximate surface area is 151 Å². The van der Waals surface area contributed by atoms with E-state index in [1.54, 1.807) is 30.5 Å². The number of amides is 1. The molecule has 0 radical (unpaired) electrons. The highest BCUT2D eigenvalue weighted by molar-refractivity contribution is 6.35. The number of nitrogens with one attached hydrogen (secondary N) is 1. The van der Waals surface area contributed by atoms with Crippen molar-refractivity contribution in [1.29, 1.82) is 0 Å². The van der Waals surface area contributed by atoms with Crippen LogP contribution in [0.15, 0.2) is 36.5 Å². The summed E-state index contributed by atoms with van der Waals surface area (Å²) in [7, 11) is 2.10. The van der Waals surface area contributed by atoms with Gasteiger partial charge in [-0.1, -0.05) is 23.2 Å². The number of carbonyl (C=O) groups excluding carboxylic acids is 1. The van der Waals surface area contributed by atoms with Crippen molar-refractivity contribution in [2.24, 2.45) is 0 Å². The van der Waals surface area contributed by atoms with Crippen molar-refractivity contribution >= 4 is 40.6 Å². The number of likely N-dealkylation sites (N-methyl/N-ethyl adjacent to an activating group) is 1. The quantitative estimate of drug-likeness (QED) is 0.906. The molecule has 1 N–H and O–H groups in total. The predicted molar refractivity (Wildman–Crippen MR) is 98.4 cm³/mol. The Morgan fingerprint density at radius 1 is 1.08 bits per heavy atom. The number of benzene rings is 1. The number of rotatable bonds is 3. The molecule has 0 aliphatic carbocycles. The minimum absolute atomic E-state index is 0.217. The molecule has 1 amide bonds. The summed E-state index contributed by atoms with van der Waals surface area (Å²) in [6.07, 6.45) is 1.66. The number of hydrogen-bond donors (Lipinski definition) is 1. The van der Waals surface area contributed by atoms with Crippen molar-refractivity contribution < 1.29 is 4.79 Å². The predicted octanol–water partition coefficient (Wildman–Crippen LogP) is 3.39. The molecular formula is C17H18Cl2N4O. The van der Waals surface area contributed by atoms with Gasteiger partial charge in [-0.25, -0.2) is 4.98 Å². The first-order chi connectivity index (χ1) is 11.5. The second-order valence-electron chi connectivity index (χ2n) is 5.81. The Balaban J connectivity index is 1.74. The van der Waals surface area contributed by atoms with Gasteiger partial charge in [0.15, 0.2) is 0 Å². The number of pyridine rings is 1. The van der Waals surface area contributed by atoms with Crippen LogP contribution >= 0.6 is 23.2 Å². The number of nitrogens with zero attached hydrogens (tertiary/aromatic N) is 3. The highest BCUT2D eigenvalue weighted by atomic mass is 35.5. The van der Waals surface area contributed by atoms with Gasteiger partial charge in [-0.2, -0.15) is 0 Å². The van der Waals surface area contributed by atoms with E-state index in [9.17, 15) is 4.79 Å². The minimum Gasteiger partial charge on any atom is -0.354 e. The lowest BCUT2D eigenvalue weighted by molar-refractivity contribution is 0.102. The van der Waals surface area contributed by atoms with E-state index in [0.29, 0.717) is 21.3 Å². The van der Waals surface area contributed by atoms with Crippen molar-refractivity contribution in [3.8, 4) is 0 Å². The van der Waals surface area contributed by atoms with Gasteiger partial charge in [0.25, 0.3) is 5.91 Å². The normalized spacial score (nSPS) is 15.4. The third kappa shape index (κ3) is 4.17. The van der Waals surface area contributed by atoms with Crippen LogP contribution in [0, 0.1) is 0 Å². The van der Waals surface area contributed by atoms with E-state index in [4.69, 9.17) is 23.2 Å². The Morgan fingerprint density at radius 2 is 1.75 bits per heavy atom. The van der Waals surface area contributed by atoms with Crippen LogP contribution in [-0.2, 0) is 0 Å². The summed E-state index contributed by atoms with van der Waals surface area (Å²) in [5, 5.41) is 3.77. The van der Waals surface area contributed by atoms with Crippen LogP contribution in [0.2, 0.25) is 10.0 Å². The Bertz CT molecular complexity index is 725. The number of carbonyl (C=O) groups is 1. The van der Waals surface area contributed by atoms with Crippen molar-refractivity contribution in [3.05, 3.63) is 52.1 Å². The molecule has 7 heteroatoms. The average molecular weight is 365 g/mol. The highest BCUT2D eigenvalue weighted by Crippen LogP contribution is 2.23. The zero-order chi connectivity index (χ0) is 17.1. The second kappa shape index (κ2) is 7.38. The van der Waals surface area contributed by atoms with Crippen LogP contribution in [0.25, 0.3) is 0 Å². The molecule has 0 saturated carbocycles. The first-order valence-corrected chi connectivity index (χ1v) is 8.44. The van der Waals surface area contributed by atoms with Crippen molar-refractivity contribution in [3.63, 3.8) is 0 Å². The molecule has 2 heterocycles. The summed E-state index contributed by atoms with van der Waals surface area (Å²) in [5.41, 5.74) is 1.12. The molecule has 1 aromatic carbocycles. The zero-order valence-corrected chi connectivity index (χ0v) is 14.8. The van der Waals surface area contributed by atoms with E-state index in [1.165, 1.54) is 0 Å². The molecule has 0 bridgehead atoms. The van der Waals surface area contributed by atoms with Gasteiger partial charge in [-0.3, -0.25) is 4.79 Å². The molecule has 5 nitrogen and oxygen atoms in total. The summed E-state index contributed by atoms with van der Waals surface area (Å²) in [6.45, 7) is 3.77. The summed E-state index contributed by atoms with van der Waals surface area (Å²) in [5.74, 6) is 0.603. The minimum atomic E-state index is -0.217. The topological polar surface area (TPSA) is 48.5 Å². The molecule has 1 aliphatic heterocycles. The van der Waals surface area contributed by atoms with Crippen LogP contribution < -0.4 is 10.2 Å². The molecule has 1 saturated heterocycles. The van der Waals surface area contributed by atoms with Crippen LogP contribution in [-0.4, -0.2) is 49.0 Å². The Kier molecular flexibility index (Phi) is 5.23. The van der Waals surface area contributed by atoms with Gasteiger partial charge in [0.1, 0.15) is 5.82 Å². The molecule has 24 heavy (non-hydrogen) atoms. The third-order valence-corrected chi connectivity index (χ3v) is 4.39. The Hall–Kier alpha value is -1.82. The summed E-state index contributed by atoms with van der Waals surface area (Å²) < 4.78 is 0. The SMILES string of the molecule is CN1CCN(c2cc(C(=O)Nc3cc(Cl)cc(Cl)c3)ccn2)CC1. The third-order valence-electron chi connectivity index (χ3n) is 3.96. The first-order valence-electron chi connectivity index (χ1n) is 7.68. The van der Waals surface area contributed by atoms with Gasteiger partial charge in [0.2, 0.25) is 0 Å². The lowest BCUT2D eigenvalue weighted by Crippen LogP contribution is -2.44. The van der Waals surface area contributed by atoms with Crippen LogP contribution in [0.4, 0.5) is 11.5 Å². The highest BCUT2D eigenvalue weighted by Gasteiger charge is 2.17. The molecule has 126 valence electrons. The summed E-state index contributed by atoms with van der Waals surface area (Å²) in [6, 6.07) is 8.45. The summed E-state index contributed by atoms with van der Waals surface area (Å²) >= 11 is 11.9. The van der Waals surface area contributed by atoms with Gasteiger partial charge in [-0.15, -0.1) is 0 Å². The molecule has 3 rings (SSSR count). The molecule has 0 unspecified atom stereocenters. The number of hydrogen-bond acceptors (Lipinski definition) is 4. The van der Waals surface area contributed by atoms with Crippen LogP contribution in [0.5, 0.6) is 0 Å². The van der Waals surface area contributed by atoms with E-state index in [-0.39, 0.29) is 5.91 Å². The number of aromatic nitrogens is 1. The Morgan fingerprint density at radius 3 is 2.42 bits per heavy atom. The zero-order valence-electron chi connectivity index (χ0n) is 13.3. The second-order valence-corrected chi connectivity index (χ2v) is 6.68.